The quantitative estimate of drug-likeness (QED) is 0.690. The monoisotopic (exact) mass is 307 g/mol. The molecule has 0 atom stereocenters. The standard InChI is InChI=1S/C16H13N5O2/c1-8-2-9-4-17-5-10(9)3-12(8)21-15-13-11(16(22)23)6-18-14(13)19-7-20-15/h2-3,5-7H,4H2,1H3,(H,22,23)(H2,18,19,20,21). The maximum atomic E-state index is 11.4. The number of aryl methyl sites for hydroxylation is 1. The molecule has 0 spiro atoms. The first-order valence-corrected chi connectivity index (χ1v) is 7.09. The average molecular weight is 307 g/mol. The lowest BCUT2D eigenvalue weighted by Gasteiger charge is -2.12. The zero-order valence-corrected chi connectivity index (χ0v) is 12.3. The smallest absolute Gasteiger partial charge is 0.338 e. The van der Waals surface area contributed by atoms with Crippen LogP contribution in [0.3, 0.4) is 0 Å². The highest BCUT2D eigenvalue weighted by atomic mass is 16.4. The van der Waals surface area contributed by atoms with E-state index in [1.807, 2.05) is 19.2 Å². The van der Waals surface area contributed by atoms with Crippen molar-refractivity contribution in [3.8, 4) is 0 Å². The summed E-state index contributed by atoms with van der Waals surface area (Å²) < 4.78 is 0. The number of rotatable bonds is 3. The highest BCUT2D eigenvalue weighted by Gasteiger charge is 2.17. The Kier molecular flexibility index (Phi) is 2.87. The lowest BCUT2D eigenvalue weighted by Crippen LogP contribution is -2.02. The van der Waals surface area contributed by atoms with E-state index in [9.17, 15) is 9.90 Å². The first-order valence-electron chi connectivity index (χ1n) is 7.09. The number of carbonyl (C=O) groups is 1. The van der Waals surface area contributed by atoms with Crippen molar-refractivity contribution in [2.24, 2.45) is 4.99 Å². The number of aromatic amines is 1. The number of aliphatic imine (C=N–C) groups is 1. The largest absolute Gasteiger partial charge is 0.478 e. The number of hydrogen-bond acceptors (Lipinski definition) is 5. The summed E-state index contributed by atoms with van der Waals surface area (Å²) >= 11 is 0. The van der Waals surface area contributed by atoms with Crippen LogP contribution in [-0.4, -0.2) is 32.2 Å². The van der Waals surface area contributed by atoms with Crippen molar-refractivity contribution < 1.29 is 9.90 Å². The van der Waals surface area contributed by atoms with E-state index < -0.39 is 5.97 Å². The van der Waals surface area contributed by atoms with Gasteiger partial charge in [0.15, 0.2) is 0 Å². The van der Waals surface area contributed by atoms with E-state index in [0.29, 0.717) is 23.4 Å². The predicted octanol–water partition coefficient (Wildman–Crippen LogP) is 2.64. The Labute approximate surface area is 131 Å². The van der Waals surface area contributed by atoms with Gasteiger partial charge in [0.05, 0.1) is 17.5 Å². The molecule has 0 saturated carbocycles. The number of nitrogens with zero attached hydrogens (tertiary/aromatic N) is 3. The highest BCUT2D eigenvalue weighted by molar-refractivity contribution is 6.07. The molecule has 23 heavy (non-hydrogen) atoms. The van der Waals surface area contributed by atoms with Gasteiger partial charge in [-0.05, 0) is 29.7 Å². The van der Waals surface area contributed by atoms with Crippen LogP contribution in [0.25, 0.3) is 11.0 Å². The minimum absolute atomic E-state index is 0.142. The number of aromatic nitrogens is 3. The van der Waals surface area contributed by atoms with Crippen LogP contribution in [0.15, 0.2) is 29.6 Å². The number of carboxylic acids is 1. The van der Waals surface area contributed by atoms with E-state index >= 15 is 0 Å². The number of fused-ring (bicyclic) bond motifs is 2. The normalized spacial score (nSPS) is 12.6. The molecule has 1 aromatic carbocycles. The van der Waals surface area contributed by atoms with E-state index in [0.717, 1.165) is 16.8 Å². The van der Waals surface area contributed by atoms with Crippen LogP contribution in [-0.2, 0) is 6.54 Å². The van der Waals surface area contributed by atoms with Crippen LogP contribution < -0.4 is 5.32 Å². The molecule has 3 N–H and O–H groups in total. The SMILES string of the molecule is Cc1cc2c(cc1Nc1ncnc3[nH]cc(C(=O)O)c13)C=NC2. The molecule has 0 amide bonds. The van der Waals surface area contributed by atoms with Crippen molar-refractivity contribution in [3.05, 3.63) is 46.9 Å². The van der Waals surface area contributed by atoms with Crippen LogP contribution in [0.2, 0.25) is 0 Å². The summed E-state index contributed by atoms with van der Waals surface area (Å²) in [4.78, 5) is 26.8. The molecular formula is C16H13N5O2. The summed E-state index contributed by atoms with van der Waals surface area (Å²) in [5.74, 6) is -0.557. The molecule has 7 nitrogen and oxygen atoms in total. The molecule has 2 aromatic heterocycles. The molecule has 0 unspecified atom stereocenters. The first kappa shape index (κ1) is 13.4. The van der Waals surface area contributed by atoms with E-state index in [1.54, 1.807) is 0 Å². The van der Waals surface area contributed by atoms with Gasteiger partial charge in [0.25, 0.3) is 0 Å². The Morgan fingerprint density at radius 2 is 2.22 bits per heavy atom. The summed E-state index contributed by atoms with van der Waals surface area (Å²) in [6.07, 6.45) is 4.67. The Balaban J connectivity index is 1.83. The average Bonchev–Trinajstić information content (AvgIpc) is 3.14. The molecule has 3 aromatic rings. The van der Waals surface area contributed by atoms with Gasteiger partial charge in [0.1, 0.15) is 17.8 Å². The van der Waals surface area contributed by atoms with Crippen molar-refractivity contribution >= 4 is 34.7 Å². The number of H-pyrrole nitrogens is 1. The van der Waals surface area contributed by atoms with Crippen molar-refractivity contribution in [1.29, 1.82) is 0 Å². The second kappa shape index (κ2) is 4.91. The maximum Gasteiger partial charge on any atom is 0.338 e. The third-order valence-corrected chi connectivity index (χ3v) is 3.93. The number of aromatic carboxylic acids is 1. The van der Waals surface area contributed by atoms with Gasteiger partial charge in [-0.2, -0.15) is 0 Å². The van der Waals surface area contributed by atoms with Crippen LogP contribution in [0, 0.1) is 6.92 Å². The van der Waals surface area contributed by atoms with Gasteiger partial charge in [-0.1, -0.05) is 6.07 Å². The summed E-state index contributed by atoms with van der Waals surface area (Å²) in [5, 5.41) is 13.0. The molecule has 4 rings (SSSR count). The van der Waals surface area contributed by atoms with E-state index in [2.05, 4.69) is 31.3 Å². The third-order valence-electron chi connectivity index (χ3n) is 3.93. The number of carboxylic acid groups (broad SMARTS) is 1. The van der Waals surface area contributed by atoms with E-state index in [-0.39, 0.29) is 5.56 Å². The molecule has 0 bridgehead atoms. The molecule has 0 radical (unpaired) electrons. The maximum absolute atomic E-state index is 11.4. The Morgan fingerprint density at radius 1 is 1.35 bits per heavy atom. The lowest BCUT2D eigenvalue weighted by atomic mass is 10.0. The molecule has 3 heterocycles. The highest BCUT2D eigenvalue weighted by Crippen LogP contribution is 2.30. The van der Waals surface area contributed by atoms with Crippen molar-refractivity contribution in [1.82, 2.24) is 15.0 Å². The van der Waals surface area contributed by atoms with Gasteiger partial charge >= 0.3 is 5.97 Å². The van der Waals surface area contributed by atoms with E-state index in [4.69, 9.17) is 0 Å². The number of hydrogen-bond donors (Lipinski definition) is 3. The van der Waals surface area contributed by atoms with E-state index in [1.165, 1.54) is 18.1 Å². The summed E-state index contributed by atoms with van der Waals surface area (Å²) in [6.45, 7) is 2.70. The predicted molar refractivity (Wildman–Crippen MR) is 86.6 cm³/mol. The molecule has 0 fully saturated rings. The molecule has 1 aliphatic rings. The van der Waals surface area contributed by atoms with Crippen LogP contribution in [0.5, 0.6) is 0 Å². The second-order valence-electron chi connectivity index (χ2n) is 5.41. The Hall–Kier alpha value is -3.22. The van der Waals surface area contributed by atoms with Gasteiger partial charge in [0, 0.05) is 18.1 Å². The van der Waals surface area contributed by atoms with Crippen molar-refractivity contribution in [2.75, 3.05) is 5.32 Å². The molecule has 0 aliphatic carbocycles. The first-order chi connectivity index (χ1) is 11.1. The fraction of sp³-hybridized carbons (Fsp3) is 0.125. The minimum Gasteiger partial charge on any atom is -0.478 e. The molecule has 0 saturated heterocycles. The summed E-state index contributed by atoms with van der Waals surface area (Å²) in [6, 6.07) is 4.08. The van der Waals surface area contributed by atoms with Gasteiger partial charge in [-0.25, -0.2) is 14.8 Å². The fourth-order valence-corrected chi connectivity index (χ4v) is 2.77. The molecule has 1 aliphatic heterocycles. The topological polar surface area (TPSA) is 103 Å². The third kappa shape index (κ3) is 2.13. The zero-order valence-electron chi connectivity index (χ0n) is 12.3. The zero-order chi connectivity index (χ0) is 16.0. The summed E-state index contributed by atoms with van der Waals surface area (Å²) in [7, 11) is 0. The Bertz CT molecular complexity index is 974. The van der Waals surface area contributed by atoms with Crippen molar-refractivity contribution in [2.45, 2.75) is 13.5 Å². The fourth-order valence-electron chi connectivity index (χ4n) is 2.77. The lowest BCUT2D eigenvalue weighted by molar-refractivity contribution is 0.0699. The van der Waals surface area contributed by atoms with Gasteiger partial charge < -0.3 is 15.4 Å². The Morgan fingerprint density at radius 3 is 3.04 bits per heavy atom. The number of benzene rings is 1. The van der Waals surface area contributed by atoms with Crippen LogP contribution >= 0.6 is 0 Å². The van der Waals surface area contributed by atoms with Gasteiger partial charge in [-0.15, -0.1) is 0 Å². The van der Waals surface area contributed by atoms with Crippen molar-refractivity contribution in [3.63, 3.8) is 0 Å². The van der Waals surface area contributed by atoms with Crippen LogP contribution in [0.4, 0.5) is 11.5 Å². The van der Waals surface area contributed by atoms with Gasteiger partial charge in [-0.3, -0.25) is 4.99 Å². The van der Waals surface area contributed by atoms with Gasteiger partial charge in [0.2, 0.25) is 0 Å². The summed E-state index contributed by atoms with van der Waals surface area (Å²) in [5.41, 5.74) is 4.80. The minimum atomic E-state index is -1.02. The molecular weight excluding hydrogens is 294 g/mol. The number of nitrogens with one attached hydrogen (secondary N) is 2. The van der Waals surface area contributed by atoms with Crippen LogP contribution in [0.1, 0.15) is 27.0 Å². The number of anilines is 2. The second-order valence-corrected chi connectivity index (χ2v) is 5.41. The molecule has 7 heteroatoms. The molecule has 114 valence electrons.